The number of aromatic nitrogens is 5. The molecule has 0 unspecified atom stereocenters. The van der Waals surface area contributed by atoms with Gasteiger partial charge in [0, 0.05) is 29.7 Å². The standard InChI is InChI=1S/C23H21N7O2S/c1-14(23(31)24-2)32-19-5-3-4-17-21(19)22(27-13-26-17)29-16-6-7-18-15(10-16)11-28-30(18)12-20-25-8-9-33-20/h3-11,13-14H,12H2,1-2H3,(H,24,31)(H,26,27,29)/t14-/m0/s1. The largest absolute Gasteiger partial charge is 0.480 e. The smallest absolute Gasteiger partial charge is 0.260 e. The van der Waals surface area contributed by atoms with Crippen LogP contribution in [0.1, 0.15) is 11.9 Å². The zero-order valence-corrected chi connectivity index (χ0v) is 18.8. The van der Waals surface area contributed by atoms with Gasteiger partial charge in [0.15, 0.2) is 6.10 Å². The molecule has 0 spiro atoms. The van der Waals surface area contributed by atoms with Gasteiger partial charge in [-0.2, -0.15) is 5.10 Å². The Hall–Kier alpha value is -4.05. The van der Waals surface area contributed by atoms with Crippen LogP contribution in [0.4, 0.5) is 11.5 Å². The maximum Gasteiger partial charge on any atom is 0.260 e. The molecule has 166 valence electrons. The molecule has 5 rings (SSSR count). The van der Waals surface area contributed by atoms with Crippen molar-refractivity contribution in [2.45, 2.75) is 19.6 Å². The fraction of sp³-hybridized carbons (Fsp3) is 0.174. The Morgan fingerprint density at radius 3 is 2.94 bits per heavy atom. The lowest BCUT2D eigenvalue weighted by atomic mass is 10.2. The van der Waals surface area contributed by atoms with Gasteiger partial charge in [-0.05, 0) is 37.3 Å². The van der Waals surface area contributed by atoms with Crippen molar-refractivity contribution in [1.29, 1.82) is 0 Å². The van der Waals surface area contributed by atoms with Crippen LogP contribution in [0.5, 0.6) is 5.75 Å². The molecule has 3 heterocycles. The molecule has 0 saturated heterocycles. The second kappa shape index (κ2) is 8.83. The van der Waals surface area contributed by atoms with Crippen molar-refractivity contribution in [3.8, 4) is 5.75 Å². The molecule has 0 bridgehead atoms. The molecule has 0 fully saturated rings. The number of ether oxygens (including phenoxy) is 1. The predicted molar refractivity (Wildman–Crippen MR) is 128 cm³/mol. The third kappa shape index (κ3) is 4.20. The van der Waals surface area contributed by atoms with Crippen LogP contribution in [0.2, 0.25) is 0 Å². The molecule has 0 aliphatic heterocycles. The van der Waals surface area contributed by atoms with E-state index < -0.39 is 6.10 Å². The monoisotopic (exact) mass is 459 g/mol. The first kappa shape index (κ1) is 20.8. The van der Waals surface area contributed by atoms with Crippen molar-refractivity contribution in [2.24, 2.45) is 0 Å². The SMILES string of the molecule is CNC(=O)[C@H](C)Oc1cccc2ncnc(Nc3ccc4c(cnn4Cc4nccs4)c3)c12. The Morgan fingerprint density at radius 2 is 2.12 bits per heavy atom. The summed E-state index contributed by atoms with van der Waals surface area (Å²) in [5.41, 5.74) is 2.59. The van der Waals surface area contributed by atoms with Gasteiger partial charge in [0.2, 0.25) is 0 Å². The highest BCUT2D eigenvalue weighted by molar-refractivity contribution is 7.09. The Kier molecular flexibility index (Phi) is 5.57. The Labute approximate surface area is 193 Å². The quantitative estimate of drug-likeness (QED) is 0.382. The van der Waals surface area contributed by atoms with Crippen LogP contribution >= 0.6 is 11.3 Å². The van der Waals surface area contributed by atoms with Gasteiger partial charge in [-0.15, -0.1) is 11.3 Å². The number of anilines is 2. The number of benzene rings is 2. The summed E-state index contributed by atoms with van der Waals surface area (Å²) >= 11 is 1.61. The Bertz CT molecular complexity index is 1430. The van der Waals surface area contributed by atoms with Crippen LogP contribution in [0.3, 0.4) is 0 Å². The Balaban J connectivity index is 1.46. The minimum Gasteiger partial charge on any atom is -0.480 e. The molecule has 3 aromatic heterocycles. The molecule has 0 saturated carbocycles. The number of carbonyl (C=O) groups is 1. The number of amides is 1. The third-order valence-corrected chi connectivity index (χ3v) is 5.98. The Morgan fingerprint density at radius 1 is 1.21 bits per heavy atom. The van der Waals surface area contributed by atoms with Crippen LogP contribution in [0, 0.1) is 0 Å². The number of thiazole rings is 1. The summed E-state index contributed by atoms with van der Waals surface area (Å²) in [5.74, 6) is 0.914. The van der Waals surface area contributed by atoms with E-state index in [2.05, 4.69) is 30.7 Å². The lowest BCUT2D eigenvalue weighted by molar-refractivity contribution is -0.126. The number of rotatable bonds is 7. The molecule has 10 heteroatoms. The average Bonchev–Trinajstić information content (AvgIpc) is 3.49. The fourth-order valence-electron chi connectivity index (χ4n) is 3.61. The summed E-state index contributed by atoms with van der Waals surface area (Å²) in [4.78, 5) is 25.1. The molecule has 9 nitrogen and oxygen atoms in total. The molecule has 33 heavy (non-hydrogen) atoms. The zero-order chi connectivity index (χ0) is 22.8. The summed E-state index contributed by atoms with van der Waals surface area (Å²) < 4.78 is 7.87. The van der Waals surface area contributed by atoms with Gasteiger partial charge in [0.05, 0.1) is 29.2 Å². The topological polar surface area (TPSA) is 107 Å². The van der Waals surface area contributed by atoms with E-state index in [1.807, 2.05) is 52.7 Å². The first-order chi connectivity index (χ1) is 16.1. The summed E-state index contributed by atoms with van der Waals surface area (Å²) in [6.45, 7) is 2.33. The van der Waals surface area contributed by atoms with Gasteiger partial charge >= 0.3 is 0 Å². The molecule has 0 aliphatic rings. The highest BCUT2D eigenvalue weighted by Gasteiger charge is 2.17. The van der Waals surface area contributed by atoms with Crippen molar-refractivity contribution in [1.82, 2.24) is 30.0 Å². The third-order valence-electron chi connectivity index (χ3n) is 5.22. The number of hydrogen-bond donors (Lipinski definition) is 2. The van der Waals surface area contributed by atoms with Crippen LogP contribution in [0.25, 0.3) is 21.8 Å². The van der Waals surface area contributed by atoms with Crippen LogP contribution in [-0.2, 0) is 11.3 Å². The molecule has 1 atom stereocenters. The molecule has 2 aromatic carbocycles. The highest BCUT2D eigenvalue weighted by Crippen LogP contribution is 2.32. The second-order valence-electron chi connectivity index (χ2n) is 7.37. The first-order valence-corrected chi connectivity index (χ1v) is 11.2. The van der Waals surface area contributed by atoms with E-state index in [9.17, 15) is 4.79 Å². The van der Waals surface area contributed by atoms with E-state index in [0.717, 1.165) is 21.6 Å². The number of nitrogens with zero attached hydrogens (tertiary/aromatic N) is 5. The van der Waals surface area contributed by atoms with E-state index in [0.29, 0.717) is 29.0 Å². The summed E-state index contributed by atoms with van der Waals surface area (Å²) in [7, 11) is 1.58. The second-order valence-corrected chi connectivity index (χ2v) is 8.35. The highest BCUT2D eigenvalue weighted by atomic mass is 32.1. The van der Waals surface area contributed by atoms with Crippen molar-refractivity contribution in [3.05, 3.63) is 65.5 Å². The zero-order valence-electron chi connectivity index (χ0n) is 18.0. The van der Waals surface area contributed by atoms with Gasteiger partial charge in [-0.3, -0.25) is 9.48 Å². The van der Waals surface area contributed by atoms with Crippen LogP contribution < -0.4 is 15.4 Å². The van der Waals surface area contributed by atoms with E-state index in [4.69, 9.17) is 4.74 Å². The molecule has 1 amide bonds. The maximum atomic E-state index is 12.0. The first-order valence-electron chi connectivity index (χ1n) is 10.4. The minimum atomic E-state index is -0.659. The van der Waals surface area contributed by atoms with Crippen LogP contribution in [0.15, 0.2) is 60.5 Å². The van der Waals surface area contributed by atoms with Crippen molar-refractivity contribution >= 4 is 50.6 Å². The van der Waals surface area contributed by atoms with E-state index >= 15 is 0 Å². The molecule has 0 aliphatic carbocycles. The molecular weight excluding hydrogens is 438 g/mol. The predicted octanol–water partition coefficient (Wildman–Crippen LogP) is 3.74. The molecule has 2 N–H and O–H groups in total. The molecule has 0 radical (unpaired) electrons. The summed E-state index contributed by atoms with van der Waals surface area (Å²) in [6.07, 6.45) is 4.48. The summed E-state index contributed by atoms with van der Waals surface area (Å²) in [6, 6.07) is 11.5. The van der Waals surface area contributed by atoms with Gasteiger partial charge in [-0.25, -0.2) is 15.0 Å². The normalized spacial score (nSPS) is 12.1. The van der Waals surface area contributed by atoms with Crippen molar-refractivity contribution in [2.75, 3.05) is 12.4 Å². The lowest BCUT2D eigenvalue weighted by Gasteiger charge is -2.16. The summed E-state index contributed by atoms with van der Waals surface area (Å²) in [5, 5.41) is 15.2. The van der Waals surface area contributed by atoms with Gasteiger partial charge < -0.3 is 15.4 Å². The number of nitrogens with one attached hydrogen (secondary N) is 2. The lowest BCUT2D eigenvalue weighted by Crippen LogP contribution is -2.33. The van der Waals surface area contributed by atoms with Gasteiger partial charge in [0.1, 0.15) is 22.9 Å². The van der Waals surface area contributed by atoms with Gasteiger partial charge in [0.25, 0.3) is 5.91 Å². The molecular formula is C23H21N7O2S. The number of fused-ring (bicyclic) bond motifs is 2. The number of hydrogen-bond acceptors (Lipinski definition) is 8. The average molecular weight is 460 g/mol. The van der Waals surface area contributed by atoms with Crippen molar-refractivity contribution in [3.63, 3.8) is 0 Å². The fourth-order valence-corrected chi connectivity index (χ4v) is 4.20. The molecule has 5 aromatic rings. The maximum absolute atomic E-state index is 12.0. The van der Waals surface area contributed by atoms with E-state index in [-0.39, 0.29) is 5.91 Å². The number of likely N-dealkylation sites (N-methyl/N-ethyl adjacent to an activating group) is 1. The van der Waals surface area contributed by atoms with E-state index in [1.54, 1.807) is 31.5 Å². The van der Waals surface area contributed by atoms with Crippen molar-refractivity contribution < 1.29 is 9.53 Å². The van der Waals surface area contributed by atoms with Crippen LogP contribution in [-0.4, -0.2) is 43.8 Å². The van der Waals surface area contributed by atoms with Gasteiger partial charge in [-0.1, -0.05) is 6.07 Å². The number of carbonyl (C=O) groups excluding carboxylic acids is 1. The van der Waals surface area contributed by atoms with E-state index in [1.165, 1.54) is 6.33 Å². The minimum absolute atomic E-state index is 0.210.